The third-order valence-electron chi connectivity index (χ3n) is 3.56. The molecule has 3 rings (SSSR count). The number of methoxy groups -OCH3 is 2. The molecule has 26 heavy (non-hydrogen) atoms. The van der Waals surface area contributed by atoms with Crippen LogP contribution in [0.1, 0.15) is 5.56 Å². The number of nitrogens with one attached hydrogen (secondary N) is 1. The van der Waals surface area contributed by atoms with E-state index in [1.54, 1.807) is 37.5 Å². The Morgan fingerprint density at radius 2 is 1.88 bits per heavy atom. The molecular formula is C18H16N2O5S. The van der Waals surface area contributed by atoms with Crippen LogP contribution in [0.15, 0.2) is 46.3 Å². The van der Waals surface area contributed by atoms with Crippen molar-refractivity contribution < 1.29 is 24.5 Å². The normalized spacial score (nSPS) is 16.8. The number of phenolic OH excluding ortho intramolecular Hbond substituents is 2. The number of rotatable bonds is 4. The lowest BCUT2D eigenvalue weighted by molar-refractivity contribution is -0.115. The molecular weight excluding hydrogens is 356 g/mol. The van der Waals surface area contributed by atoms with Crippen LogP contribution in [0.2, 0.25) is 0 Å². The first-order valence-electron chi connectivity index (χ1n) is 7.53. The Morgan fingerprint density at radius 1 is 1.08 bits per heavy atom. The van der Waals surface area contributed by atoms with Crippen LogP contribution >= 0.6 is 11.8 Å². The molecule has 0 aromatic heterocycles. The van der Waals surface area contributed by atoms with Gasteiger partial charge in [-0.15, -0.1) is 0 Å². The van der Waals surface area contributed by atoms with Gasteiger partial charge in [-0.25, -0.2) is 4.99 Å². The monoisotopic (exact) mass is 372 g/mol. The van der Waals surface area contributed by atoms with Gasteiger partial charge in [0.05, 0.1) is 19.1 Å². The summed E-state index contributed by atoms with van der Waals surface area (Å²) in [7, 11) is 3.09. The number of hydrogen-bond donors (Lipinski definition) is 3. The molecule has 8 heteroatoms. The number of carbonyl (C=O) groups is 1. The number of amides is 1. The zero-order chi connectivity index (χ0) is 18.7. The average molecular weight is 372 g/mol. The Kier molecular flexibility index (Phi) is 5.04. The van der Waals surface area contributed by atoms with Gasteiger partial charge < -0.3 is 25.0 Å². The van der Waals surface area contributed by atoms with E-state index >= 15 is 0 Å². The molecule has 0 spiro atoms. The fourth-order valence-corrected chi connectivity index (χ4v) is 3.08. The van der Waals surface area contributed by atoms with E-state index in [1.807, 2.05) is 0 Å². The Labute approximate surface area is 154 Å². The average Bonchev–Trinajstić information content (AvgIpc) is 2.97. The maximum atomic E-state index is 12.1. The van der Waals surface area contributed by atoms with Crippen LogP contribution in [0, 0.1) is 0 Å². The molecule has 2 aromatic carbocycles. The molecule has 0 unspecified atom stereocenters. The summed E-state index contributed by atoms with van der Waals surface area (Å²) in [5.74, 6) is 0.396. The Hall–Kier alpha value is -3.13. The smallest absolute Gasteiger partial charge is 0.264 e. The van der Waals surface area contributed by atoms with Crippen LogP contribution in [0.5, 0.6) is 23.0 Å². The fourth-order valence-electron chi connectivity index (χ4n) is 2.25. The second-order valence-corrected chi connectivity index (χ2v) is 6.30. The number of thioether (sulfide) groups is 1. The highest BCUT2D eigenvalue weighted by molar-refractivity contribution is 8.18. The minimum Gasteiger partial charge on any atom is -0.504 e. The largest absolute Gasteiger partial charge is 0.504 e. The predicted molar refractivity (Wildman–Crippen MR) is 100 cm³/mol. The van der Waals surface area contributed by atoms with Crippen molar-refractivity contribution in [1.29, 1.82) is 0 Å². The molecule has 0 radical (unpaired) electrons. The van der Waals surface area contributed by atoms with Crippen LogP contribution in [-0.2, 0) is 4.79 Å². The quantitative estimate of drug-likeness (QED) is 0.563. The van der Waals surface area contributed by atoms with Crippen molar-refractivity contribution in [3.05, 3.63) is 46.9 Å². The van der Waals surface area contributed by atoms with Crippen molar-refractivity contribution in [3.63, 3.8) is 0 Å². The molecule has 134 valence electrons. The number of aliphatic imine (C=N–C) groups is 1. The number of phenols is 2. The lowest BCUT2D eigenvalue weighted by Gasteiger charge is -2.07. The summed E-state index contributed by atoms with van der Waals surface area (Å²) < 4.78 is 10.4. The maximum Gasteiger partial charge on any atom is 0.264 e. The molecule has 2 aromatic rings. The number of nitrogens with zero attached hydrogens (tertiary/aromatic N) is 1. The van der Waals surface area contributed by atoms with Crippen LogP contribution in [0.3, 0.4) is 0 Å². The second kappa shape index (κ2) is 7.40. The maximum absolute atomic E-state index is 12.1. The van der Waals surface area contributed by atoms with Gasteiger partial charge in [0.1, 0.15) is 17.2 Å². The van der Waals surface area contributed by atoms with E-state index in [2.05, 4.69) is 10.3 Å². The van der Waals surface area contributed by atoms with E-state index in [9.17, 15) is 15.0 Å². The number of benzene rings is 2. The minimum atomic E-state index is -0.297. The van der Waals surface area contributed by atoms with Gasteiger partial charge in [0.15, 0.2) is 16.7 Å². The van der Waals surface area contributed by atoms with Crippen molar-refractivity contribution >= 4 is 34.6 Å². The third-order valence-corrected chi connectivity index (χ3v) is 4.47. The van der Waals surface area contributed by atoms with E-state index in [0.717, 1.165) is 0 Å². The van der Waals surface area contributed by atoms with E-state index in [-0.39, 0.29) is 17.4 Å². The molecule has 0 bridgehead atoms. The van der Waals surface area contributed by atoms with E-state index in [1.165, 1.54) is 31.0 Å². The van der Waals surface area contributed by atoms with E-state index < -0.39 is 0 Å². The molecule has 1 amide bonds. The number of hydrogen-bond acceptors (Lipinski definition) is 7. The Morgan fingerprint density at radius 3 is 2.58 bits per heavy atom. The van der Waals surface area contributed by atoms with Gasteiger partial charge in [-0.3, -0.25) is 4.79 Å². The lowest BCUT2D eigenvalue weighted by Crippen LogP contribution is -2.19. The van der Waals surface area contributed by atoms with Gasteiger partial charge in [-0.1, -0.05) is 6.07 Å². The first kappa shape index (κ1) is 17.7. The van der Waals surface area contributed by atoms with Crippen LogP contribution < -0.4 is 14.8 Å². The van der Waals surface area contributed by atoms with Crippen LogP contribution in [-0.4, -0.2) is 35.5 Å². The van der Waals surface area contributed by atoms with Crippen LogP contribution in [0.25, 0.3) is 6.08 Å². The zero-order valence-corrected chi connectivity index (χ0v) is 14.8. The molecule has 1 aliphatic rings. The standard InChI is InChI=1S/C18H16N2O5S/c1-24-11-4-5-12(15(9-11)25-2)19-18-20-17(23)16(26-18)8-10-3-6-13(21)14(22)7-10/h3-9,21-22H,1-2H3,(H,19,20,23)/b16-8-. The lowest BCUT2D eigenvalue weighted by atomic mass is 10.2. The summed E-state index contributed by atoms with van der Waals surface area (Å²) >= 11 is 1.17. The highest BCUT2D eigenvalue weighted by Crippen LogP contribution is 2.35. The number of aromatic hydroxyl groups is 2. The zero-order valence-electron chi connectivity index (χ0n) is 14.0. The summed E-state index contributed by atoms with van der Waals surface area (Å²) in [6.07, 6.45) is 1.60. The van der Waals surface area contributed by atoms with Crippen molar-refractivity contribution in [2.45, 2.75) is 0 Å². The summed E-state index contributed by atoms with van der Waals surface area (Å²) in [5.41, 5.74) is 1.14. The molecule has 1 heterocycles. The van der Waals surface area contributed by atoms with E-state index in [0.29, 0.717) is 32.8 Å². The molecule has 1 aliphatic heterocycles. The number of amidine groups is 1. The summed E-state index contributed by atoms with van der Waals surface area (Å²) in [6, 6.07) is 9.51. The van der Waals surface area contributed by atoms with Gasteiger partial charge in [0, 0.05) is 6.07 Å². The Bertz CT molecular complexity index is 924. The summed E-state index contributed by atoms with van der Waals surface area (Å²) in [4.78, 5) is 17.0. The molecule has 7 nitrogen and oxygen atoms in total. The van der Waals surface area contributed by atoms with E-state index in [4.69, 9.17) is 9.47 Å². The predicted octanol–water partition coefficient (Wildman–Crippen LogP) is 3.01. The fraction of sp³-hybridized carbons (Fsp3) is 0.111. The molecule has 0 atom stereocenters. The molecule has 1 saturated heterocycles. The molecule has 1 fully saturated rings. The van der Waals surface area contributed by atoms with Gasteiger partial charge in [0.2, 0.25) is 0 Å². The first-order chi connectivity index (χ1) is 12.5. The number of carbonyl (C=O) groups excluding carboxylic acids is 1. The topological polar surface area (TPSA) is 100 Å². The summed E-state index contributed by atoms with van der Waals surface area (Å²) in [6.45, 7) is 0. The highest BCUT2D eigenvalue weighted by atomic mass is 32.2. The first-order valence-corrected chi connectivity index (χ1v) is 8.35. The molecule has 0 aliphatic carbocycles. The SMILES string of the molecule is COc1ccc(N=C2NC(=O)/C(=C/c3ccc(O)c(O)c3)S2)c(OC)c1. The number of ether oxygens (including phenoxy) is 2. The minimum absolute atomic E-state index is 0.218. The Balaban J connectivity index is 1.86. The van der Waals surface area contributed by atoms with Crippen LogP contribution in [0.4, 0.5) is 5.69 Å². The van der Waals surface area contributed by atoms with Crippen molar-refractivity contribution in [2.75, 3.05) is 14.2 Å². The summed E-state index contributed by atoms with van der Waals surface area (Å²) in [5, 5.41) is 22.0. The molecule has 0 saturated carbocycles. The van der Waals surface area contributed by atoms with Gasteiger partial charge in [-0.2, -0.15) is 0 Å². The van der Waals surface area contributed by atoms with Gasteiger partial charge >= 0.3 is 0 Å². The second-order valence-electron chi connectivity index (χ2n) is 5.27. The van der Waals surface area contributed by atoms with Crippen molar-refractivity contribution in [1.82, 2.24) is 5.32 Å². The van der Waals surface area contributed by atoms with Gasteiger partial charge in [-0.05, 0) is 47.7 Å². The molecule has 3 N–H and O–H groups in total. The van der Waals surface area contributed by atoms with Crippen molar-refractivity contribution in [2.24, 2.45) is 4.99 Å². The van der Waals surface area contributed by atoms with Crippen molar-refractivity contribution in [3.8, 4) is 23.0 Å². The van der Waals surface area contributed by atoms with Gasteiger partial charge in [0.25, 0.3) is 5.91 Å². The highest BCUT2D eigenvalue weighted by Gasteiger charge is 2.24. The third kappa shape index (κ3) is 3.75.